The fourth-order valence-corrected chi connectivity index (χ4v) is 4.22. The standard InChI is InChI=1S/C23H30N2O2.2ClH/c1-26-21-11-10-20(16-22(21)27-17-18-6-3-2-4-7-18)23(19-8-5-9-19)25-14-12-24-13-15-25;;/h2-4,6-7,10-11,16,19,23-24H,5,8-9,12-15,17H2,1H3;2*1H/t23-;;/m1../s1. The first-order valence-corrected chi connectivity index (χ1v) is 10.1. The summed E-state index contributed by atoms with van der Waals surface area (Å²) >= 11 is 0. The molecule has 1 heterocycles. The Morgan fingerprint density at radius 1 is 1.00 bits per heavy atom. The minimum absolute atomic E-state index is 0. The number of benzene rings is 2. The highest BCUT2D eigenvalue weighted by Crippen LogP contribution is 2.43. The molecule has 0 radical (unpaired) electrons. The van der Waals surface area contributed by atoms with Crippen LogP contribution in [-0.4, -0.2) is 38.2 Å². The molecular weight excluding hydrogens is 407 g/mol. The molecule has 2 fully saturated rings. The van der Waals surface area contributed by atoms with E-state index in [1.807, 2.05) is 18.2 Å². The maximum atomic E-state index is 6.17. The van der Waals surface area contributed by atoms with Gasteiger partial charge < -0.3 is 14.8 Å². The van der Waals surface area contributed by atoms with Gasteiger partial charge in [0.05, 0.1) is 7.11 Å². The number of rotatable bonds is 7. The topological polar surface area (TPSA) is 33.7 Å². The van der Waals surface area contributed by atoms with Crippen LogP contribution in [0, 0.1) is 5.92 Å². The van der Waals surface area contributed by atoms with E-state index >= 15 is 0 Å². The van der Waals surface area contributed by atoms with Gasteiger partial charge in [-0.25, -0.2) is 0 Å². The van der Waals surface area contributed by atoms with Gasteiger partial charge in [0.25, 0.3) is 0 Å². The molecule has 1 aliphatic carbocycles. The fraction of sp³-hybridized carbons (Fsp3) is 0.478. The van der Waals surface area contributed by atoms with E-state index in [0.717, 1.165) is 43.6 Å². The van der Waals surface area contributed by atoms with Gasteiger partial charge in [-0.2, -0.15) is 0 Å². The van der Waals surface area contributed by atoms with E-state index in [1.54, 1.807) is 7.11 Å². The van der Waals surface area contributed by atoms with Gasteiger partial charge >= 0.3 is 0 Å². The zero-order valence-electron chi connectivity index (χ0n) is 17.0. The third-order valence-electron chi connectivity index (χ3n) is 5.91. The van der Waals surface area contributed by atoms with Crippen molar-refractivity contribution in [1.29, 1.82) is 0 Å². The first kappa shape index (κ1) is 23.8. The molecule has 0 aromatic heterocycles. The lowest BCUT2D eigenvalue weighted by molar-refractivity contribution is 0.0834. The van der Waals surface area contributed by atoms with Crippen molar-refractivity contribution < 1.29 is 9.47 Å². The van der Waals surface area contributed by atoms with Gasteiger partial charge in [0.2, 0.25) is 0 Å². The van der Waals surface area contributed by atoms with Crippen molar-refractivity contribution in [2.45, 2.75) is 31.9 Å². The monoisotopic (exact) mass is 438 g/mol. The van der Waals surface area contributed by atoms with Crippen molar-refractivity contribution in [2.24, 2.45) is 5.92 Å². The van der Waals surface area contributed by atoms with E-state index in [-0.39, 0.29) is 24.8 Å². The normalized spacial score (nSPS) is 18.0. The quantitative estimate of drug-likeness (QED) is 0.668. The average Bonchev–Trinajstić information content (AvgIpc) is 2.70. The van der Waals surface area contributed by atoms with Crippen LogP contribution in [0.2, 0.25) is 0 Å². The van der Waals surface area contributed by atoms with Gasteiger partial charge in [-0.05, 0) is 42.0 Å². The van der Waals surface area contributed by atoms with Crippen molar-refractivity contribution in [3.05, 3.63) is 59.7 Å². The predicted octanol–water partition coefficient (Wildman–Crippen LogP) is 4.86. The van der Waals surface area contributed by atoms with Crippen molar-refractivity contribution >= 4 is 24.8 Å². The third kappa shape index (κ3) is 5.79. The molecule has 0 unspecified atom stereocenters. The number of nitrogens with zero attached hydrogens (tertiary/aromatic N) is 1. The largest absolute Gasteiger partial charge is 0.493 e. The number of nitrogens with one attached hydrogen (secondary N) is 1. The number of piperazine rings is 1. The average molecular weight is 439 g/mol. The van der Waals surface area contributed by atoms with Crippen molar-refractivity contribution in [3.63, 3.8) is 0 Å². The van der Waals surface area contributed by atoms with Gasteiger partial charge in [-0.15, -0.1) is 24.8 Å². The zero-order chi connectivity index (χ0) is 18.5. The Bertz CT molecular complexity index is 735. The Hall–Kier alpha value is -1.46. The predicted molar refractivity (Wildman–Crippen MR) is 123 cm³/mol. The molecule has 160 valence electrons. The smallest absolute Gasteiger partial charge is 0.161 e. The Kier molecular flexibility index (Phi) is 9.57. The first-order valence-electron chi connectivity index (χ1n) is 10.1. The Balaban J connectivity index is 0.00000150. The number of ether oxygens (including phenoxy) is 2. The maximum absolute atomic E-state index is 6.17. The van der Waals surface area contributed by atoms with Gasteiger partial charge in [0.1, 0.15) is 6.61 Å². The Morgan fingerprint density at radius 3 is 2.34 bits per heavy atom. The third-order valence-corrected chi connectivity index (χ3v) is 5.91. The highest BCUT2D eigenvalue weighted by Gasteiger charge is 2.34. The molecule has 0 bridgehead atoms. The molecular formula is C23H32Cl2N2O2. The number of hydrogen-bond acceptors (Lipinski definition) is 4. The van der Waals surface area contributed by atoms with Crippen LogP contribution in [0.3, 0.4) is 0 Å². The maximum Gasteiger partial charge on any atom is 0.161 e. The first-order chi connectivity index (χ1) is 13.3. The van der Waals surface area contributed by atoms with Crippen LogP contribution in [-0.2, 0) is 6.61 Å². The Morgan fingerprint density at radius 2 is 1.72 bits per heavy atom. The zero-order valence-corrected chi connectivity index (χ0v) is 18.6. The van der Waals surface area contributed by atoms with Crippen LogP contribution in [0.5, 0.6) is 11.5 Å². The van der Waals surface area contributed by atoms with E-state index in [4.69, 9.17) is 9.47 Å². The molecule has 2 aromatic carbocycles. The molecule has 0 amide bonds. The summed E-state index contributed by atoms with van der Waals surface area (Å²) in [5, 5.41) is 3.48. The lowest BCUT2D eigenvalue weighted by atomic mass is 9.76. The minimum Gasteiger partial charge on any atom is -0.493 e. The second-order valence-corrected chi connectivity index (χ2v) is 7.61. The molecule has 29 heavy (non-hydrogen) atoms. The van der Waals surface area contributed by atoms with E-state index in [2.05, 4.69) is 40.5 Å². The SMILES string of the molecule is COc1ccc([C@@H](C2CCC2)N2CCNCC2)cc1OCc1ccccc1.Cl.Cl. The van der Waals surface area contributed by atoms with Gasteiger partial charge in [0.15, 0.2) is 11.5 Å². The molecule has 1 aliphatic heterocycles. The van der Waals surface area contributed by atoms with Crippen molar-refractivity contribution in [3.8, 4) is 11.5 Å². The van der Waals surface area contributed by atoms with Gasteiger partial charge in [0, 0.05) is 32.2 Å². The van der Waals surface area contributed by atoms with Crippen LogP contribution in [0.15, 0.2) is 48.5 Å². The van der Waals surface area contributed by atoms with E-state index in [0.29, 0.717) is 12.6 Å². The summed E-state index contributed by atoms with van der Waals surface area (Å²) in [7, 11) is 1.71. The number of halogens is 2. The molecule has 4 nitrogen and oxygen atoms in total. The van der Waals surface area contributed by atoms with E-state index in [9.17, 15) is 0 Å². The molecule has 2 aliphatic rings. The minimum atomic E-state index is 0. The number of hydrogen-bond donors (Lipinski definition) is 1. The summed E-state index contributed by atoms with van der Waals surface area (Å²) in [5.74, 6) is 2.42. The highest BCUT2D eigenvalue weighted by atomic mass is 35.5. The molecule has 1 atom stereocenters. The summed E-state index contributed by atoms with van der Waals surface area (Å²) < 4.78 is 11.7. The summed E-state index contributed by atoms with van der Waals surface area (Å²) in [6.07, 6.45) is 4.03. The Labute approximate surface area is 186 Å². The molecule has 1 N–H and O–H groups in total. The molecule has 1 saturated carbocycles. The lowest BCUT2D eigenvalue weighted by Gasteiger charge is -2.43. The van der Waals surface area contributed by atoms with Crippen LogP contribution in [0.4, 0.5) is 0 Å². The molecule has 6 heteroatoms. The van der Waals surface area contributed by atoms with Gasteiger partial charge in [-0.3, -0.25) is 4.90 Å². The lowest BCUT2D eigenvalue weighted by Crippen LogP contribution is -2.47. The van der Waals surface area contributed by atoms with Crippen molar-refractivity contribution in [1.82, 2.24) is 10.2 Å². The summed E-state index contributed by atoms with van der Waals surface area (Å²) in [6.45, 7) is 4.96. The van der Waals surface area contributed by atoms with Crippen LogP contribution >= 0.6 is 24.8 Å². The molecule has 1 saturated heterocycles. The summed E-state index contributed by atoms with van der Waals surface area (Å²) in [6, 6.07) is 17.3. The second kappa shape index (κ2) is 11.7. The van der Waals surface area contributed by atoms with E-state index < -0.39 is 0 Å². The highest BCUT2D eigenvalue weighted by molar-refractivity contribution is 5.85. The van der Waals surface area contributed by atoms with Crippen molar-refractivity contribution in [2.75, 3.05) is 33.3 Å². The summed E-state index contributed by atoms with van der Waals surface area (Å²) in [5.41, 5.74) is 2.54. The van der Waals surface area contributed by atoms with Crippen LogP contribution < -0.4 is 14.8 Å². The fourth-order valence-electron chi connectivity index (χ4n) is 4.22. The van der Waals surface area contributed by atoms with Crippen LogP contribution in [0.25, 0.3) is 0 Å². The van der Waals surface area contributed by atoms with E-state index in [1.165, 1.54) is 30.4 Å². The molecule has 2 aromatic rings. The second-order valence-electron chi connectivity index (χ2n) is 7.61. The number of methoxy groups -OCH3 is 1. The van der Waals surface area contributed by atoms with Crippen LogP contribution in [0.1, 0.15) is 36.4 Å². The summed E-state index contributed by atoms with van der Waals surface area (Å²) in [4.78, 5) is 2.66. The molecule has 4 rings (SSSR count). The van der Waals surface area contributed by atoms with Gasteiger partial charge in [-0.1, -0.05) is 42.8 Å². The molecule has 0 spiro atoms.